The average molecular weight is 310 g/mol. The van der Waals surface area contributed by atoms with E-state index < -0.39 is 5.91 Å². The van der Waals surface area contributed by atoms with Crippen LogP contribution < -0.4 is 11.5 Å². The fourth-order valence-corrected chi connectivity index (χ4v) is 2.71. The van der Waals surface area contributed by atoms with E-state index in [1.54, 1.807) is 18.2 Å². The van der Waals surface area contributed by atoms with Gasteiger partial charge in [0.25, 0.3) is 5.91 Å². The first-order valence-corrected chi connectivity index (χ1v) is 6.89. The van der Waals surface area contributed by atoms with Crippen molar-refractivity contribution in [2.75, 3.05) is 0 Å². The quantitative estimate of drug-likeness (QED) is 0.596. The summed E-state index contributed by atoms with van der Waals surface area (Å²) in [6.07, 6.45) is 0. The summed E-state index contributed by atoms with van der Waals surface area (Å²) in [6, 6.07) is 6.79. The summed E-state index contributed by atoms with van der Waals surface area (Å²) < 4.78 is 0.611. The van der Waals surface area contributed by atoms with Crippen molar-refractivity contribution in [2.24, 2.45) is 16.5 Å². The third kappa shape index (κ3) is 3.16. The zero-order valence-electron chi connectivity index (χ0n) is 10.3. The Morgan fingerprint density at radius 3 is 2.65 bits per heavy atom. The number of carbonyl (C=O) groups excluding carboxylic acids is 1. The number of hydrogen-bond donors (Lipinski definition) is 3. The summed E-state index contributed by atoms with van der Waals surface area (Å²) >= 11 is 7.48. The topological polar surface area (TPSA) is 102 Å². The predicted molar refractivity (Wildman–Crippen MR) is 80.8 cm³/mol. The third-order valence-electron chi connectivity index (χ3n) is 2.58. The van der Waals surface area contributed by atoms with Crippen LogP contribution in [0.3, 0.4) is 0 Å². The Kier molecular flexibility index (Phi) is 4.39. The lowest BCUT2D eigenvalue weighted by atomic mass is 10.0. The SMILES string of the molecule is NC(N)=NC(=O)c1cc(CO)cc(-c2ccsc2Cl)c1. The van der Waals surface area contributed by atoms with Gasteiger partial charge in [0.1, 0.15) is 4.34 Å². The van der Waals surface area contributed by atoms with Gasteiger partial charge in [-0.25, -0.2) is 0 Å². The molecule has 0 aliphatic carbocycles. The molecular formula is C13H12ClN3O2S. The first-order chi connectivity index (χ1) is 9.51. The molecule has 0 atom stereocenters. The molecule has 0 fully saturated rings. The van der Waals surface area contributed by atoms with Gasteiger partial charge in [-0.15, -0.1) is 11.3 Å². The normalized spacial score (nSPS) is 10.3. The fraction of sp³-hybridized carbons (Fsp3) is 0.0769. The van der Waals surface area contributed by atoms with E-state index in [2.05, 4.69) is 4.99 Å². The van der Waals surface area contributed by atoms with E-state index in [4.69, 9.17) is 23.1 Å². The standard InChI is InChI=1S/C13H12ClN3O2S/c14-11-10(1-2-20-11)8-3-7(6-18)4-9(5-8)12(19)17-13(15)16/h1-5,18H,6H2,(H4,15,16,17,19). The maximum absolute atomic E-state index is 11.9. The molecule has 20 heavy (non-hydrogen) atoms. The summed E-state index contributed by atoms with van der Waals surface area (Å²) in [4.78, 5) is 15.4. The van der Waals surface area contributed by atoms with Crippen LogP contribution in [0.5, 0.6) is 0 Å². The molecule has 104 valence electrons. The van der Waals surface area contributed by atoms with Gasteiger partial charge < -0.3 is 16.6 Å². The van der Waals surface area contributed by atoms with E-state index in [-0.39, 0.29) is 12.6 Å². The van der Waals surface area contributed by atoms with Crippen LogP contribution in [0.4, 0.5) is 0 Å². The molecule has 2 aromatic rings. The maximum Gasteiger partial charge on any atom is 0.280 e. The molecule has 1 aromatic heterocycles. The highest BCUT2D eigenvalue weighted by Gasteiger charge is 2.12. The number of aliphatic hydroxyl groups excluding tert-OH is 1. The van der Waals surface area contributed by atoms with Crippen molar-refractivity contribution in [1.82, 2.24) is 0 Å². The molecule has 7 heteroatoms. The molecule has 0 saturated heterocycles. The minimum atomic E-state index is -0.562. The van der Waals surface area contributed by atoms with E-state index >= 15 is 0 Å². The second kappa shape index (κ2) is 6.04. The summed E-state index contributed by atoms with van der Waals surface area (Å²) in [5, 5.41) is 11.1. The summed E-state index contributed by atoms with van der Waals surface area (Å²) in [5.41, 5.74) is 12.8. The van der Waals surface area contributed by atoms with Crippen LogP contribution >= 0.6 is 22.9 Å². The van der Waals surface area contributed by atoms with Gasteiger partial charge in [-0.1, -0.05) is 11.6 Å². The summed E-state index contributed by atoms with van der Waals surface area (Å²) in [6.45, 7) is -0.197. The largest absolute Gasteiger partial charge is 0.392 e. The van der Waals surface area contributed by atoms with E-state index in [0.29, 0.717) is 15.5 Å². The van der Waals surface area contributed by atoms with Crippen molar-refractivity contribution in [3.8, 4) is 11.1 Å². The van der Waals surface area contributed by atoms with Gasteiger partial charge in [0.15, 0.2) is 5.96 Å². The Morgan fingerprint density at radius 1 is 1.35 bits per heavy atom. The summed E-state index contributed by atoms with van der Waals surface area (Å²) in [5.74, 6) is -0.868. The first kappa shape index (κ1) is 14.5. The number of guanidine groups is 1. The smallest absolute Gasteiger partial charge is 0.280 e. The number of halogens is 1. The number of aliphatic imine (C=N–C) groups is 1. The molecule has 0 saturated carbocycles. The highest BCUT2D eigenvalue weighted by Crippen LogP contribution is 2.33. The van der Waals surface area contributed by atoms with Crippen molar-refractivity contribution in [2.45, 2.75) is 6.61 Å². The van der Waals surface area contributed by atoms with E-state index in [1.807, 2.05) is 11.4 Å². The fourth-order valence-electron chi connectivity index (χ4n) is 1.74. The van der Waals surface area contributed by atoms with Crippen LogP contribution in [-0.2, 0) is 6.61 Å². The predicted octanol–water partition coefficient (Wildman–Crippen LogP) is 1.97. The molecule has 0 spiro atoms. The number of nitrogens with two attached hydrogens (primary N) is 2. The third-order valence-corrected chi connectivity index (χ3v) is 3.75. The number of hydrogen-bond acceptors (Lipinski definition) is 3. The first-order valence-electron chi connectivity index (χ1n) is 5.63. The van der Waals surface area contributed by atoms with Crippen molar-refractivity contribution < 1.29 is 9.90 Å². The lowest BCUT2D eigenvalue weighted by Crippen LogP contribution is -2.24. The van der Waals surface area contributed by atoms with Crippen LogP contribution in [0.1, 0.15) is 15.9 Å². The highest BCUT2D eigenvalue weighted by molar-refractivity contribution is 7.15. The molecule has 0 bridgehead atoms. The number of amides is 1. The molecule has 2 rings (SSSR count). The number of rotatable bonds is 3. The molecular weight excluding hydrogens is 298 g/mol. The van der Waals surface area contributed by atoms with Crippen LogP contribution in [0, 0.1) is 0 Å². The Morgan fingerprint density at radius 2 is 2.10 bits per heavy atom. The lowest BCUT2D eigenvalue weighted by molar-refractivity contribution is 0.100. The molecule has 0 radical (unpaired) electrons. The van der Waals surface area contributed by atoms with Gasteiger partial charge in [-0.3, -0.25) is 4.79 Å². The van der Waals surface area contributed by atoms with E-state index in [9.17, 15) is 9.90 Å². The molecule has 1 amide bonds. The molecule has 1 heterocycles. The minimum Gasteiger partial charge on any atom is -0.392 e. The Hall–Kier alpha value is -1.89. The van der Waals surface area contributed by atoms with Crippen molar-refractivity contribution in [3.05, 3.63) is 45.1 Å². The Labute approximate surface area is 124 Å². The summed E-state index contributed by atoms with van der Waals surface area (Å²) in [7, 11) is 0. The molecule has 0 aliphatic rings. The molecule has 0 unspecified atom stereocenters. The van der Waals surface area contributed by atoms with Crippen molar-refractivity contribution in [1.29, 1.82) is 0 Å². The molecule has 5 N–H and O–H groups in total. The second-order valence-corrected chi connectivity index (χ2v) is 5.54. The van der Waals surface area contributed by atoms with Crippen LogP contribution in [0.25, 0.3) is 11.1 Å². The van der Waals surface area contributed by atoms with Gasteiger partial charge in [-0.2, -0.15) is 4.99 Å². The average Bonchev–Trinajstić information content (AvgIpc) is 2.83. The number of thiophene rings is 1. The van der Waals surface area contributed by atoms with Crippen LogP contribution in [0.2, 0.25) is 4.34 Å². The van der Waals surface area contributed by atoms with Crippen molar-refractivity contribution in [3.63, 3.8) is 0 Å². The van der Waals surface area contributed by atoms with E-state index in [1.165, 1.54) is 11.3 Å². The van der Waals surface area contributed by atoms with Gasteiger partial charge >= 0.3 is 0 Å². The number of carbonyl (C=O) groups is 1. The molecule has 0 aliphatic heterocycles. The highest BCUT2D eigenvalue weighted by atomic mass is 35.5. The maximum atomic E-state index is 11.9. The van der Waals surface area contributed by atoms with Gasteiger partial charge in [-0.05, 0) is 40.8 Å². The number of nitrogens with zero attached hydrogens (tertiary/aromatic N) is 1. The van der Waals surface area contributed by atoms with Gasteiger partial charge in [0, 0.05) is 11.1 Å². The number of aliphatic hydroxyl groups is 1. The van der Waals surface area contributed by atoms with Crippen LogP contribution in [-0.4, -0.2) is 17.0 Å². The zero-order chi connectivity index (χ0) is 14.7. The van der Waals surface area contributed by atoms with Gasteiger partial charge in [0.2, 0.25) is 0 Å². The van der Waals surface area contributed by atoms with Crippen LogP contribution in [0.15, 0.2) is 34.6 Å². The minimum absolute atomic E-state index is 0.197. The van der Waals surface area contributed by atoms with Gasteiger partial charge in [0.05, 0.1) is 6.61 Å². The number of benzene rings is 1. The Bertz CT molecular complexity index is 678. The molecule has 5 nitrogen and oxygen atoms in total. The monoisotopic (exact) mass is 309 g/mol. The van der Waals surface area contributed by atoms with Crippen molar-refractivity contribution >= 4 is 34.8 Å². The second-order valence-electron chi connectivity index (χ2n) is 4.03. The van der Waals surface area contributed by atoms with E-state index in [0.717, 1.165) is 11.1 Å². The molecule has 1 aromatic carbocycles. The zero-order valence-corrected chi connectivity index (χ0v) is 11.9. The lowest BCUT2D eigenvalue weighted by Gasteiger charge is -2.06. The Balaban J connectivity index is 2.53.